The Balaban J connectivity index is 0.000000231. The first-order chi connectivity index (χ1) is 33.0. The summed E-state index contributed by atoms with van der Waals surface area (Å²) in [6.45, 7) is 16.5. The van der Waals surface area contributed by atoms with E-state index >= 15 is 4.39 Å². The van der Waals surface area contributed by atoms with Crippen molar-refractivity contribution in [3.8, 4) is 22.3 Å². The molecule has 1 aliphatic rings. The summed E-state index contributed by atoms with van der Waals surface area (Å²) in [5.41, 5.74) is 2.36. The second-order valence-electron chi connectivity index (χ2n) is 19.3. The highest BCUT2D eigenvalue weighted by Crippen LogP contribution is 2.34. The Morgan fingerprint density at radius 2 is 0.986 bits per heavy atom. The van der Waals surface area contributed by atoms with E-state index in [0.29, 0.717) is 63.6 Å². The van der Waals surface area contributed by atoms with Gasteiger partial charge in [-0.15, -0.1) is 22.7 Å². The van der Waals surface area contributed by atoms with Gasteiger partial charge in [0, 0.05) is 70.6 Å². The predicted molar refractivity (Wildman–Crippen MR) is 269 cm³/mol. The van der Waals surface area contributed by atoms with Crippen LogP contribution in [-0.4, -0.2) is 70.2 Å². The van der Waals surface area contributed by atoms with Gasteiger partial charge in [0.2, 0.25) is 0 Å². The van der Waals surface area contributed by atoms with E-state index in [9.17, 15) is 38.3 Å². The molecule has 0 aliphatic heterocycles. The van der Waals surface area contributed by atoms with Crippen LogP contribution in [0.1, 0.15) is 128 Å². The number of amides is 5. The number of thiazole rings is 2. The van der Waals surface area contributed by atoms with Crippen molar-refractivity contribution in [2.24, 2.45) is 16.7 Å². The van der Waals surface area contributed by atoms with E-state index in [1.165, 1.54) is 72.2 Å². The number of rotatable bonds is 14. The summed E-state index contributed by atoms with van der Waals surface area (Å²) >= 11 is 2.48. The highest BCUT2D eigenvalue weighted by atomic mass is 32.1. The molecular formula is C52H55F2N7O7S2. The van der Waals surface area contributed by atoms with E-state index in [-0.39, 0.29) is 67.5 Å². The Morgan fingerprint density at radius 3 is 1.37 bits per heavy atom. The molecule has 18 heteroatoms. The van der Waals surface area contributed by atoms with Crippen LogP contribution in [0.25, 0.3) is 22.3 Å². The Labute approximate surface area is 412 Å². The summed E-state index contributed by atoms with van der Waals surface area (Å²) in [6.07, 6.45) is 5.27. The lowest BCUT2D eigenvalue weighted by Crippen LogP contribution is -2.32. The number of hydrogen-bond donors (Lipinski definition) is 6. The number of carbonyl (C=O) groups excluding carboxylic acids is 5. The number of carboxylic acids is 1. The van der Waals surface area contributed by atoms with Crippen molar-refractivity contribution in [2.45, 2.75) is 68.2 Å². The van der Waals surface area contributed by atoms with Gasteiger partial charge in [0.05, 0.1) is 5.56 Å². The van der Waals surface area contributed by atoms with E-state index in [1.54, 1.807) is 42.1 Å². The topological polar surface area (TPSA) is 209 Å². The molecule has 0 radical (unpaired) electrons. The van der Waals surface area contributed by atoms with Crippen LogP contribution in [0.3, 0.4) is 0 Å². The normalized spacial score (nSPS) is 12.3. The first-order valence-corrected chi connectivity index (χ1v) is 24.1. The van der Waals surface area contributed by atoms with Crippen LogP contribution in [0.5, 0.6) is 0 Å². The molecule has 70 heavy (non-hydrogen) atoms. The monoisotopic (exact) mass is 991 g/mol. The lowest BCUT2D eigenvalue weighted by atomic mass is 9.91. The van der Waals surface area contributed by atoms with Crippen LogP contribution in [-0.2, 0) is 0 Å². The number of nitrogens with zero attached hydrogens (tertiary/aromatic N) is 2. The molecular weight excluding hydrogens is 937 g/mol. The molecule has 14 nitrogen and oxygen atoms in total. The largest absolute Gasteiger partial charge is 0.478 e. The number of carboxylic acid groups (broad SMARTS) is 1. The number of benzene rings is 4. The summed E-state index contributed by atoms with van der Waals surface area (Å²) in [7, 11) is 0. The molecule has 4 aromatic carbocycles. The van der Waals surface area contributed by atoms with Crippen molar-refractivity contribution in [3.05, 3.63) is 140 Å². The molecule has 5 amide bonds. The molecule has 7 rings (SSSR count). The predicted octanol–water partition coefficient (Wildman–Crippen LogP) is 10.4. The molecule has 1 fully saturated rings. The van der Waals surface area contributed by atoms with Gasteiger partial charge in [-0.2, -0.15) is 0 Å². The third-order valence-electron chi connectivity index (χ3n) is 10.9. The Bertz CT molecular complexity index is 2940. The van der Waals surface area contributed by atoms with Gasteiger partial charge in [0.25, 0.3) is 29.5 Å². The Kier molecular flexibility index (Phi) is 16.4. The van der Waals surface area contributed by atoms with Crippen LogP contribution in [0, 0.1) is 42.2 Å². The quantitative estimate of drug-likeness (QED) is 0.0613. The third kappa shape index (κ3) is 14.0. The molecule has 0 bridgehead atoms. The van der Waals surface area contributed by atoms with Gasteiger partial charge in [0.1, 0.15) is 11.6 Å². The van der Waals surface area contributed by atoms with Gasteiger partial charge < -0.3 is 21.1 Å². The molecule has 0 saturated heterocycles. The molecule has 2 heterocycles. The summed E-state index contributed by atoms with van der Waals surface area (Å²) in [5, 5.41) is 27.5. The van der Waals surface area contributed by atoms with E-state index in [2.05, 4.69) is 36.6 Å². The van der Waals surface area contributed by atoms with Gasteiger partial charge in [-0.1, -0.05) is 53.7 Å². The smallest absolute Gasteiger partial charge is 0.335 e. The molecule has 1 saturated carbocycles. The molecule has 6 aromatic rings. The SMILES string of the molecule is Cc1c(F)cc(C(=O)NCC2CC2)cc1-c1ccc(C(=O)NCC(C)(C)C)cc1C(=O)Nc1nccs1.Cc1c(F)cc(C(=O)O)cc1-c1ccc(C(=O)NCC(C)(C)C)cc1C(=O)Nc1nccs1. The number of carbonyl (C=O) groups is 6. The summed E-state index contributed by atoms with van der Waals surface area (Å²) in [5.74, 6) is -4.14. The lowest BCUT2D eigenvalue weighted by Gasteiger charge is -2.19. The Morgan fingerprint density at radius 1 is 0.571 bits per heavy atom. The summed E-state index contributed by atoms with van der Waals surface area (Å²) in [4.78, 5) is 84.4. The number of aromatic carboxylic acids is 1. The van der Waals surface area contributed by atoms with Gasteiger partial charge in [0.15, 0.2) is 10.3 Å². The number of anilines is 2. The second kappa shape index (κ2) is 22.1. The minimum absolute atomic E-state index is 0.0960. The molecule has 0 spiro atoms. The third-order valence-corrected chi connectivity index (χ3v) is 12.3. The van der Waals surface area contributed by atoms with Crippen LogP contribution in [0.15, 0.2) is 83.8 Å². The fourth-order valence-corrected chi connectivity index (χ4v) is 7.89. The average Bonchev–Trinajstić information content (AvgIpc) is 3.72. The minimum atomic E-state index is -1.29. The van der Waals surface area contributed by atoms with Crippen molar-refractivity contribution in [1.82, 2.24) is 25.9 Å². The van der Waals surface area contributed by atoms with Gasteiger partial charge in [-0.05, 0) is 125 Å². The highest BCUT2D eigenvalue weighted by molar-refractivity contribution is 7.14. The second-order valence-corrected chi connectivity index (χ2v) is 21.1. The molecule has 1 aliphatic carbocycles. The zero-order valence-corrected chi connectivity index (χ0v) is 41.7. The Hall–Kier alpha value is -7.18. The number of halogens is 2. The average molecular weight is 992 g/mol. The lowest BCUT2D eigenvalue weighted by molar-refractivity contribution is 0.0695. The first-order valence-electron chi connectivity index (χ1n) is 22.4. The number of nitrogens with one attached hydrogen (secondary N) is 5. The van der Waals surface area contributed by atoms with Crippen LogP contribution in [0.2, 0.25) is 0 Å². The van der Waals surface area contributed by atoms with Crippen molar-refractivity contribution in [1.29, 1.82) is 0 Å². The zero-order valence-electron chi connectivity index (χ0n) is 40.1. The van der Waals surface area contributed by atoms with E-state index in [1.807, 2.05) is 41.5 Å². The fourth-order valence-electron chi connectivity index (χ4n) is 6.84. The number of aromatic nitrogens is 2. The van der Waals surface area contributed by atoms with Crippen molar-refractivity contribution >= 4 is 68.4 Å². The van der Waals surface area contributed by atoms with E-state index in [0.717, 1.165) is 18.9 Å². The molecule has 2 aromatic heterocycles. The summed E-state index contributed by atoms with van der Waals surface area (Å²) in [6, 6.07) is 14.2. The van der Waals surface area contributed by atoms with E-state index < -0.39 is 29.4 Å². The van der Waals surface area contributed by atoms with E-state index in [4.69, 9.17) is 0 Å². The first kappa shape index (κ1) is 52.2. The highest BCUT2D eigenvalue weighted by Gasteiger charge is 2.26. The zero-order chi connectivity index (χ0) is 51.1. The minimum Gasteiger partial charge on any atom is -0.478 e. The van der Waals surface area contributed by atoms with Crippen molar-refractivity contribution < 1.29 is 42.7 Å². The maximum Gasteiger partial charge on any atom is 0.335 e. The molecule has 0 atom stereocenters. The van der Waals surface area contributed by atoms with Gasteiger partial charge in [-0.25, -0.2) is 23.5 Å². The fraction of sp³-hybridized carbons (Fsp3) is 0.308. The van der Waals surface area contributed by atoms with Crippen LogP contribution < -0.4 is 26.6 Å². The van der Waals surface area contributed by atoms with Gasteiger partial charge in [-0.3, -0.25) is 34.6 Å². The van der Waals surface area contributed by atoms with Gasteiger partial charge >= 0.3 is 5.97 Å². The molecule has 6 N–H and O–H groups in total. The van der Waals surface area contributed by atoms with Crippen molar-refractivity contribution in [2.75, 3.05) is 30.3 Å². The maximum atomic E-state index is 15.0. The standard InChI is InChI=1S/C28H31FN4O3S.C24H24FN3O4S/c1-16-21(12-19(13-23(16)29)25(35)31-14-17-5-6-17)20-8-7-18(24(34)32-15-28(2,3)4)11-22(20)26(36)33-27-30-9-10-37-27;1-13-17(10-15(22(31)32)11-19(13)25)16-6-5-14(20(29)27-12-24(2,3)4)9-18(16)21(30)28-23-26-7-8-33-23/h7-13,17H,5-6,14-15H2,1-4H3,(H,31,35)(H,32,34)(H,30,33,36);5-11H,12H2,1-4H3,(H,27,29)(H,31,32)(H,26,28,30). The maximum absolute atomic E-state index is 15.0. The number of hydrogen-bond acceptors (Lipinski definition) is 10. The van der Waals surface area contributed by atoms with Crippen LogP contribution in [0.4, 0.5) is 19.0 Å². The van der Waals surface area contributed by atoms with Crippen molar-refractivity contribution in [3.63, 3.8) is 0 Å². The summed E-state index contributed by atoms with van der Waals surface area (Å²) < 4.78 is 29.5. The van der Waals surface area contributed by atoms with Crippen LogP contribution >= 0.6 is 22.7 Å². The molecule has 366 valence electrons. The molecule has 0 unspecified atom stereocenters.